The smallest absolute Gasteiger partial charge is 0.00203 e. The average Bonchev–Trinajstić information content (AvgIpc) is 3.23. The van der Waals surface area contributed by atoms with E-state index in [-0.39, 0.29) is 0 Å². The molecule has 0 unspecified atom stereocenters. The van der Waals surface area contributed by atoms with Crippen LogP contribution in [0.1, 0.15) is 20.8 Å². The molecule has 254 valence electrons. The topological polar surface area (TPSA) is 0 Å². The second-order valence-electron chi connectivity index (χ2n) is 13.3. The van der Waals surface area contributed by atoms with Crippen LogP contribution in [0.25, 0.3) is 98.4 Å². The van der Waals surface area contributed by atoms with Crippen molar-refractivity contribution in [2.24, 2.45) is 0 Å². The molecule has 0 aliphatic rings. The van der Waals surface area contributed by atoms with Crippen LogP contribution in [0.2, 0.25) is 0 Å². The molecule has 0 bridgehead atoms. The number of rotatable bonds is 4. The summed E-state index contributed by atoms with van der Waals surface area (Å²) >= 11 is 0. The van der Waals surface area contributed by atoms with Gasteiger partial charge in [0.2, 0.25) is 0 Å². The van der Waals surface area contributed by atoms with Crippen molar-refractivity contribution in [3.05, 3.63) is 195 Å². The predicted octanol–water partition coefficient (Wildman–Crippen LogP) is 15.8. The van der Waals surface area contributed by atoms with E-state index in [1.165, 1.54) is 98.4 Å². The normalized spacial score (nSPS) is 11.0. The number of hydrogen-bond acceptors (Lipinski definition) is 0. The van der Waals surface area contributed by atoms with Crippen molar-refractivity contribution >= 4 is 53.9 Å². The Bertz CT molecular complexity index is 2850. The van der Waals surface area contributed by atoms with Gasteiger partial charge in [0, 0.05) is 0 Å². The Balaban J connectivity index is 0.000000764. The Morgan fingerprint density at radius 3 is 1.28 bits per heavy atom. The van der Waals surface area contributed by atoms with Gasteiger partial charge in [-0.2, -0.15) is 0 Å². The van der Waals surface area contributed by atoms with E-state index in [0.717, 1.165) is 0 Å². The van der Waals surface area contributed by atoms with Gasteiger partial charge < -0.3 is 0 Å². The molecule has 0 aliphatic heterocycles. The third-order valence-corrected chi connectivity index (χ3v) is 10.2. The van der Waals surface area contributed by atoms with Gasteiger partial charge in [-0.3, -0.25) is 0 Å². The zero-order valence-electron chi connectivity index (χ0n) is 30.6. The van der Waals surface area contributed by atoms with Crippen LogP contribution in [0.4, 0.5) is 0 Å². The SMILES string of the molecule is C=CC.CC.c1ccc2cc(-c3ccc(-c4ccc5ccc6c(-c7ccc(-c8cccc9ccccc89)cc7)ccc7ccc4c5c76)cc3)ccc2c1. The molecule has 0 radical (unpaired) electrons. The summed E-state index contributed by atoms with van der Waals surface area (Å²) in [5, 5.41) is 12.9. The van der Waals surface area contributed by atoms with E-state index in [1.54, 1.807) is 6.08 Å². The highest BCUT2D eigenvalue weighted by molar-refractivity contribution is 6.27. The van der Waals surface area contributed by atoms with E-state index in [9.17, 15) is 0 Å². The van der Waals surface area contributed by atoms with Crippen LogP contribution in [0.15, 0.2) is 195 Å². The molecule has 0 heteroatoms. The van der Waals surface area contributed by atoms with Crippen LogP contribution in [0.5, 0.6) is 0 Å². The van der Waals surface area contributed by atoms with E-state index in [2.05, 4.69) is 189 Å². The number of allylic oxidation sites excluding steroid dienone is 1. The van der Waals surface area contributed by atoms with Crippen molar-refractivity contribution in [3.63, 3.8) is 0 Å². The maximum absolute atomic E-state index is 3.36. The van der Waals surface area contributed by atoms with Gasteiger partial charge in [0.1, 0.15) is 0 Å². The van der Waals surface area contributed by atoms with Crippen LogP contribution >= 0.6 is 0 Å². The molecule has 10 aromatic rings. The molecule has 0 aliphatic carbocycles. The molecule has 0 heterocycles. The van der Waals surface area contributed by atoms with Crippen LogP contribution < -0.4 is 0 Å². The van der Waals surface area contributed by atoms with Gasteiger partial charge in [0.15, 0.2) is 0 Å². The lowest BCUT2D eigenvalue weighted by molar-refractivity contribution is 1.50. The van der Waals surface area contributed by atoms with E-state index < -0.39 is 0 Å². The summed E-state index contributed by atoms with van der Waals surface area (Å²) in [5.41, 5.74) is 10.0. The highest BCUT2D eigenvalue weighted by atomic mass is 14.2. The van der Waals surface area contributed by atoms with E-state index in [1.807, 2.05) is 20.8 Å². The molecule has 0 aromatic heterocycles. The van der Waals surface area contributed by atoms with Gasteiger partial charge in [0.25, 0.3) is 0 Å². The molecule has 0 fully saturated rings. The molecule has 0 N–H and O–H groups in total. The van der Waals surface area contributed by atoms with Gasteiger partial charge >= 0.3 is 0 Å². The summed E-state index contributed by atoms with van der Waals surface area (Å²) in [6.45, 7) is 9.25. The van der Waals surface area contributed by atoms with Gasteiger partial charge in [-0.15, -0.1) is 6.58 Å². The first-order valence-corrected chi connectivity index (χ1v) is 18.7. The highest BCUT2D eigenvalue weighted by Crippen LogP contribution is 2.43. The Kier molecular flexibility index (Phi) is 9.28. The fourth-order valence-electron chi connectivity index (χ4n) is 7.82. The highest BCUT2D eigenvalue weighted by Gasteiger charge is 2.15. The lowest BCUT2D eigenvalue weighted by Gasteiger charge is -2.17. The zero-order chi connectivity index (χ0) is 36.3. The van der Waals surface area contributed by atoms with E-state index in [0.29, 0.717) is 0 Å². The molecule has 53 heavy (non-hydrogen) atoms. The van der Waals surface area contributed by atoms with Crippen molar-refractivity contribution in [3.8, 4) is 44.5 Å². The Labute approximate surface area is 312 Å². The average molecular weight is 679 g/mol. The molecule has 0 spiro atoms. The molecule has 0 amide bonds. The number of fused-ring (bicyclic) bond motifs is 2. The summed E-state index contributed by atoms with van der Waals surface area (Å²) in [5.74, 6) is 0. The Morgan fingerprint density at radius 1 is 0.321 bits per heavy atom. The maximum atomic E-state index is 3.36. The second-order valence-corrected chi connectivity index (χ2v) is 13.3. The van der Waals surface area contributed by atoms with Crippen molar-refractivity contribution < 1.29 is 0 Å². The number of hydrogen-bond donors (Lipinski definition) is 0. The zero-order valence-corrected chi connectivity index (χ0v) is 30.6. The molecular formula is C53H42. The van der Waals surface area contributed by atoms with Crippen molar-refractivity contribution in [2.75, 3.05) is 0 Å². The summed E-state index contributed by atoms with van der Waals surface area (Å²) in [6, 6.07) is 67.1. The summed E-state index contributed by atoms with van der Waals surface area (Å²) < 4.78 is 0. The summed E-state index contributed by atoms with van der Waals surface area (Å²) in [7, 11) is 0. The molecule has 0 nitrogen and oxygen atoms in total. The molecule has 0 atom stereocenters. The summed E-state index contributed by atoms with van der Waals surface area (Å²) in [6.07, 6.45) is 1.75. The fraction of sp³-hybridized carbons (Fsp3) is 0.0566. The van der Waals surface area contributed by atoms with Gasteiger partial charge in [-0.05, 0) is 111 Å². The largest absolute Gasteiger partial charge is 0.103 e. The monoisotopic (exact) mass is 678 g/mol. The van der Waals surface area contributed by atoms with E-state index >= 15 is 0 Å². The number of benzene rings is 10. The first-order valence-electron chi connectivity index (χ1n) is 18.7. The summed E-state index contributed by atoms with van der Waals surface area (Å²) in [4.78, 5) is 0. The third kappa shape index (κ3) is 6.13. The predicted molar refractivity (Wildman–Crippen MR) is 234 cm³/mol. The minimum absolute atomic E-state index is 1.23. The van der Waals surface area contributed by atoms with Gasteiger partial charge in [-0.25, -0.2) is 0 Å². The Morgan fingerprint density at radius 2 is 0.717 bits per heavy atom. The maximum Gasteiger partial charge on any atom is -0.00203 e. The van der Waals surface area contributed by atoms with Crippen LogP contribution in [-0.2, 0) is 0 Å². The third-order valence-electron chi connectivity index (χ3n) is 10.2. The first kappa shape index (κ1) is 33.6. The first-order chi connectivity index (χ1) is 26.2. The van der Waals surface area contributed by atoms with E-state index in [4.69, 9.17) is 0 Å². The fourth-order valence-corrected chi connectivity index (χ4v) is 7.82. The molecule has 0 saturated heterocycles. The Hall–Kier alpha value is -6.50. The van der Waals surface area contributed by atoms with Gasteiger partial charge in [-0.1, -0.05) is 196 Å². The molecule has 0 saturated carbocycles. The van der Waals surface area contributed by atoms with Crippen molar-refractivity contribution in [1.82, 2.24) is 0 Å². The standard InChI is InChI=1S/C48H30.C3H6.C2H6/c1-2-8-39-30-40(21-14-31(39)6-1)32-12-15-35(16-13-32)43-26-22-37-25-29-46-44(27-23-38-24-28-45(43)47(37)48(38)46)36-19-17-34(18-20-36)42-11-5-9-33-7-3-4-10-41(33)42;1-3-2;1-2/h1-30H;3H,1H2,2H3;1-2H3. The van der Waals surface area contributed by atoms with Gasteiger partial charge in [0.05, 0.1) is 0 Å². The van der Waals surface area contributed by atoms with Crippen LogP contribution in [0, 0.1) is 0 Å². The second kappa shape index (κ2) is 14.6. The van der Waals surface area contributed by atoms with Crippen LogP contribution in [-0.4, -0.2) is 0 Å². The van der Waals surface area contributed by atoms with Crippen molar-refractivity contribution in [2.45, 2.75) is 20.8 Å². The lowest BCUT2D eigenvalue weighted by Crippen LogP contribution is -1.90. The molecular weight excluding hydrogens is 637 g/mol. The minimum atomic E-state index is 1.23. The quantitative estimate of drug-likeness (QED) is 0.128. The minimum Gasteiger partial charge on any atom is -0.103 e. The van der Waals surface area contributed by atoms with Crippen LogP contribution in [0.3, 0.4) is 0 Å². The van der Waals surface area contributed by atoms with Crippen molar-refractivity contribution in [1.29, 1.82) is 0 Å². The molecule has 10 aromatic carbocycles. The molecule has 10 rings (SSSR count). The lowest BCUT2D eigenvalue weighted by atomic mass is 9.87.